The predicted octanol–water partition coefficient (Wildman–Crippen LogP) is 2.21. The summed E-state index contributed by atoms with van der Waals surface area (Å²) in [5, 5.41) is 11.1. The number of aliphatic hydroxyl groups is 1. The highest BCUT2D eigenvalue weighted by molar-refractivity contribution is 5.80. The SMILES string of the molecule is COc1cc2occc2cc1C(O)CCCN. The van der Waals surface area contributed by atoms with E-state index in [-0.39, 0.29) is 0 Å². The molecule has 0 radical (unpaired) electrons. The number of aliphatic hydroxyl groups excluding tert-OH is 1. The minimum atomic E-state index is -0.548. The molecule has 0 saturated carbocycles. The lowest BCUT2D eigenvalue weighted by molar-refractivity contribution is 0.161. The molecular weight excluding hydrogens is 218 g/mol. The molecular formula is C13H17NO3. The normalized spacial score (nSPS) is 12.9. The van der Waals surface area contributed by atoms with Crippen LogP contribution in [0.1, 0.15) is 24.5 Å². The maximum atomic E-state index is 10.1. The second-order valence-electron chi connectivity index (χ2n) is 4.00. The van der Waals surface area contributed by atoms with Crippen LogP contribution in [0.15, 0.2) is 28.9 Å². The van der Waals surface area contributed by atoms with Gasteiger partial charge in [-0.3, -0.25) is 0 Å². The third-order valence-corrected chi connectivity index (χ3v) is 2.85. The van der Waals surface area contributed by atoms with Crippen LogP contribution in [-0.2, 0) is 0 Å². The Hall–Kier alpha value is -1.52. The molecule has 1 atom stereocenters. The molecule has 0 saturated heterocycles. The molecule has 17 heavy (non-hydrogen) atoms. The van der Waals surface area contributed by atoms with Gasteiger partial charge in [-0.2, -0.15) is 0 Å². The third kappa shape index (κ3) is 2.43. The fourth-order valence-electron chi connectivity index (χ4n) is 1.91. The first-order chi connectivity index (χ1) is 8.26. The molecule has 0 aliphatic rings. The first kappa shape index (κ1) is 12.0. The second-order valence-corrected chi connectivity index (χ2v) is 4.00. The molecule has 1 unspecified atom stereocenters. The number of ether oxygens (including phenoxy) is 1. The van der Waals surface area contributed by atoms with Crippen LogP contribution < -0.4 is 10.5 Å². The lowest BCUT2D eigenvalue weighted by Gasteiger charge is -2.14. The van der Waals surface area contributed by atoms with Gasteiger partial charge in [0.1, 0.15) is 11.3 Å². The molecule has 0 amide bonds. The van der Waals surface area contributed by atoms with Gasteiger partial charge in [-0.05, 0) is 31.5 Å². The maximum absolute atomic E-state index is 10.1. The van der Waals surface area contributed by atoms with E-state index in [0.717, 1.165) is 23.0 Å². The van der Waals surface area contributed by atoms with E-state index >= 15 is 0 Å². The van der Waals surface area contributed by atoms with Gasteiger partial charge in [-0.25, -0.2) is 0 Å². The van der Waals surface area contributed by atoms with Crippen molar-refractivity contribution in [2.75, 3.05) is 13.7 Å². The number of rotatable bonds is 5. The largest absolute Gasteiger partial charge is 0.496 e. The molecule has 0 bridgehead atoms. The molecule has 0 spiro atoms. The van der Waals surface area contributed by atoms with E-state index in [1.165, 1.54) is 0 Å². The first-order valence-corrected chi connectivity index (χ1v) is 5.69. The topological polar surface area (TPSA) is 68.6 Å². The van der Waals surface area contributed by atoms with Crippen LogP contribution in [0.3, 0.4) is 0 Å². The number of furan rings is 1. The van der Waals surface area contributed by atoms with Crippen LogP contribution in [0, 0.1) is 0 Å². The highest BCUT2D eigenvalue weighted by Crippen LogP contribution is 2.32. The molecule has 4 nitrogen and oxygen atoms in total. The van der Waals surface area contributed by atoms with Crippen molar-refractivity contribution in [3.63, 3.8) is 0 Å². The Bertz CT molecular complexity index is 492. The summed E-state index contributed by atoms with van der Waals surface area (Å²) in [4.78, 5) is 0. The van der Waals surface area contributed by atoms with E-state index in [1.807, 2.05) is 12.1 Å². The number of hydrogen-bond donors (Lipinski definition) is 2. The average molecular weight is 235 g/mol. The zero-order valence-corrected chi connectivity index (χ0v) is 9.85. The monoisotopic (exact) mass is 235 g/mol. The zero-order valence-electron chi connectivity index (χ0n) is 9.85. The lowest BCUT2D eigenvalue weighted by Crippen LogP contribution is -2.05. The van der Waals surface area contributed by atoms with E-state index in [0.29, 0.717) is 18.7 Å². The average Bonchev–Trinajstić information content (AvgIpc) is 2.81. The quantitative estimate of drug-likeness (QED) is 0.833. The highest BCUT2D eigenvalue weighted by atomic mass is 16.5. The molecule has 1 heterocycles. The van der Waals surface area contributed by atoms with Gasteiger partial charge in [0.15, 0.2) is 0 Å². The summed E-state index contributed by atoms with van der Waals surface area (Å²) in [5.74, 6) is 0.650. The summed E-state index contributed by atoms with van der Waals surface area (Å²) in [6, 6.07) is 5.57. The fraction of sp³-hybridized carbons (Fsp3) is 0.385. The van der Waals surface area contributed by atoms with E-state index in [2.05, 4.69) is 0 Å². The molecule has 2 aromatic rings. The highest BCUT2D eigenvalue weighted by Gasteiger charge is 2.15. The van der Waals surface area contributed by atoms with Gasteiger partial charge in [0, 0.05) is 17.0 Å². The van der Waals surface area contributed by atoms with E-state index in [1.54, 1.807) is 19.4 Å². The van der Waals surface area contributed by atoms with Crippen molar-refractivity contribution in [2.45, 2.75) is 18.9 Å². The minimum Gasteiger partial charge on any atom is -0.496 e. The van der Waals surface area contributed by atoms with Gasteiger partial charge in [0.05, 0.1) is 19.5 Å². The molecule has 0 aliphatic carbocycles. The van der Waals surface area contributed by atoms with Crippen LogP contribution in [0.2, 0.25) is 0 Å². The van der Waals surface area contributed by atoms with Crippen LogP contribution in [0.25, 0.3) is 11.0 Å². The Kier molecular flexibility index (Phi) is 3.66. The maximum Gasteiger partial charge on any atom is 0.137 e. The second kappa shape index (κ2) is 5.21. The number of methoxy groups -OCH3 is 1. The number of benzene rings is 1. The molecule has 0 fully saturated rings. The van der Waals surface area contributed by atoms with Gasteiger partial charge < -0.3 is 20.0 Å². The van der Waals surface area contributed by atoms with Crippen molar-refractivity contribution in [2.24, 2.45) is 5.73 Å². The van der Waals surface area contributed by atoms with Crippen molar-refractivity contribution in [1.82, 2.24) is 0 Å². The summed E-state index contributed by atoms with van der Waals surface area (Å²) >= 11 is 0. The molecule has 2 rings (SSSR count). The molecule has 0 aliphatic heterocycles. The van der Waals surface area contributed by atoms with E-state index < -0.39 is 6.10 Å². The Balaban J connectivity index is 2.35. The molecule has 1 aromatic carbocycles. The lowest BCUT2D eigenvalue weighted by atomic mass is 10.0. The third-order valence-electron chi connectivity index (χ3n) is 2.85. The van der Waals surface area contributed by atoms with Crippen LogP contribution >= 0.6 is 0 Å². The van der Waals surface area contributed by atoms with Gasteiger partial charge >= 0.3 is 0 Å². The van der Waals surface area contributed by atoms with Crippen molar-refractivity contribution < 1.29 is 14.3 Å². The van der Waals surface area contributed by atoms with Crippen molar-refractivity contribution in [1.29, 1.82) is 0 Å². The number of fused-ring (bicyclic) bond motifs is 1. The first-order valence-electron chi connectivity index (χ1n) is 5.69. The van der Waals surface area contributed by atoms with E-state index in [4.69, 9.17) is 14.9 Å². The fourth-order valence-corrected chi connectivity index (χ4v) is 1.91. The molecule has 4 heteroatoms. The Labute approximate surface area is 100.0 Å². The van der Waals surface area contributed by atoms with Crippen molar-refractivity contribution >= 4 is 11.0 Å². The van der Waals surface area contributed by atoms with Gasteiger partial charge in [-0.15, -0.1) is 0 Å². The van der Waals surface area contributed by atoms with Crippen LogP contribution in [0.5, 0.6) is 5.75 Å². The summed E-state index contributed by atoms with van der Waals surface area (Å²) in [5.41, 5.74) is 6.99. The summed E-state index contributed by atoms with van der Waals surface area (Å²) < 4.78 is 10.6. The molecule has 3 N–H and O–H groups in total. The molecule has 1 aromatic heterocycles. The van der Waals surface area contributed by atoms with Gasteiger partial charge in [-0.1, -0.05) is 0 Å². The molecule has 92 valence electrons. The summed E-state index contributed by atoms with van der Waals surface area (Å²) in [6.45, 7) is 0.577. The summed E-state index contributed by atoms with van der Waals surface area (Å²) in [7, 11) is 1.59. The van der Waals surface area contributed by atoms with Gasteiger partial charge in [0.2, 0.25) is 0 Å². The predicted molar refractivity (Wildman–Crippen MR) is 66.0 cm³/mol. The Morgan fingerprint density at radius 3 is 3.00 bits per heavy atom. The standard InChI is InChI=1S/C13H17NO3/c1-16-13-8-12-9(4-6-17-12)7-10(13)11(15)3-2-5-14/h4,6-8,11,15H,2-3,5,14H2,1H3. The number of nitrogens with two attached hydrogens (primary N) is 1. The Morgan fingerprint density at radius 1 is 1.47 bits per heavy atom. The smallest absolute Gasteiger partial charge is 0.137 e. The Morgan fingerprint density at radius 2 is 2.29 bits per heavy atom. The zero-order chi connectivity index (χ0) is 12.3. The van der Waals surface area contributed by atoms with Crippen LogP contribution in [-0.4, -0.2) is 18.8 Å². The number of hydrogen-bond acceptors (Lipinski definition) is 4. The minimum absolute atomic E-state index is 0.548. The van der Waals surface area contributed by atoms with Crippen molar-refractivity contribution in [3.05, 3.63) is 30.0 Å². The van der Waals surface area contributed by atoms with Crippen LogP contribution in [0.4, 0.5) is 0 Å². The summed E-state index contributed by atoms with van der Waals surface area (Å²) in [6.07, 6.45) is 2.50. The van der Waals surface area contributed by atoms with Crippen molar-refractivity contribution in [3.8, 4) is 5.75 Å². The van der Waals surface area contributed by atoms with Gasteiger partial charge in [0.25, 0.3) is 0 Å². The van der Waals surface area contributed by atoms with E-state index in [9.17, 15) is 5.11 Å².